The highest BCUT2D eigenvalue weighted by Crippen LogP contribution is 2.24. The van der Waals surface area contributed by atoms with Crippen LogP contribution < -0.4 is 16.8 Å². The number of benzene rings is 1. The molecule has 8 heteroatoms. The molecule has 0 saturated heterocycles. The normalized spacial score (nSPS) is 12.0. The largest absolute Gasteiger partial charge is 0.369 e. The summed E-state index contributed by atoms with van der Waals surface area (Å²) >= 11 is 11.7. The van der Waals surface area contributed by atoms with Crippen LogP contribution in [-0.2, 0) is 0 Å². The molecule has 0 saturated carbocycles. The molecule has 0 atom stereocenters. The average Bonchev–Trinajstić information content (AvgIpc) is 2.42. The van der Waals surface area contributed by atoms with Crippen LogP contribution in [0.1, 0.15) is 32.6 Å². The zero-order valence-electron chi connectivity index (χ0n) is 12.5. The molecule has 1 aromatic rings. The molecule has 0 aliphatic rings. The van der Waals surface area contributed by atoms with Crippen LogP contribution in [0.4, 0.5) is 5.69 Å². The van der Waals surface area contributed by atoms with Crippen molar-refractivity contribution >= 4 is 53.2 Å². The number of hydrogen-bond donors (Lipinski definition) is 3. The molecule has 1 rings (SSSR count). The fourth-order valence-corrected chi connectivity index (χ4v) is 1.94. The van der Waals surface area contributed by atoms with Gasteiger partial charge < -0.3 is 16.8 Å². The van der Waals surface area contributed by atoms with Gasteiger partial charge in [0.05, 0.1) is 10.0 Å². The number of rotatable bonds is 6. The number of unbranched alkanes of at least 4 members (excludes halogenated alkanes) is 3. The Morgan fingerprint density at radius 3 is 2.50 bits per heavy atom. The number of nitrogens with zero attached hydrogens (tertiary/aromatic N) is 2. The minimum Gasteiger partial charge on any atom is -0.369 e. The van der Waals surface area contributed by atoms with Crippen molar-refractivity contribution in [3.8, 4) is 0 Å². The Bertz CT molecular complexity index is 517. The predicted molar refractivity (Wildman–Crippen MR) is 99.6 cm³/mol. The van der Waals surface area contributed by atoms with Crippen LogP contribution in [0.2, 0.25) is 10.0 Å². The first kappa shape index (κ1) is 20.8. The second-order valence-electron chi connectivity index (χ2n) is 4.55. The second-order valence-corrected chi connectivity index (χ2v) is 5.37. The molecule has 0 aromatic heterocycles. The molecule has 0 fully saturated rings. The van der Waals surface area contributed by atoms with Crippen molar-refractivity contribution in [2.24, 2.45) is 21.5 Å². The van der Waals surface area contributed by atoms with Crippen molar-refractivity contribution in [3.05, 3.63) is 28.2 Å². The standard InChI is InChI=1S/C14H21Cl2N5.ClH/c1-2-3-4-5-8-19-13(17)21-14(18)20-10-6-7-11(15)12(16)9-10;/h6-7,9H,2-5,8H2,1H3,(H5,17,18,19,20,21);1H. The third-order valence-electron chi connectivity index (χ3n) is 2.71. The van der Waals surface area contributed by atoms with Crippen molar-refractivity contribution in [2.45, 2.75) is 32.6 Å². The first-order valence-corrected chi connectivity index (χ1v) is 7.64. The number of nitrogens with one attached hydrogen (secondary N) is 1. The first-order valence-electron chi connectivity index (χ1n) is 6.89. The Balaban J connectivity index is 0.00000441. The molecule has 0 spiro atoms. The number of anilines is 1. The summed E-state index contributed by atoms with van der Waals surface area (Å²) in [6.45, 7) is 2.83. The summed E-state index contributed by atoms with van der Waals surface area (Å²) in [5.74, 6) is 0.319. The highest BCUT2D eigenvalue weighted by molar-refractivity contribution is 6.42. The molecule has 0 aliphatic carbocycles. The Kier molecular flexibility index (Phi) is 10.8. The van der Waals surface area contributed by atoms with Gasteiger partial charge in [0.15, 0.2) is 0 Å². The Morgan fingerprint density at radius 1 is 1.14 bits per heavy atom. The molecule has 5 N–H and O–H groups in total. The molecule has 0 aliphatic heterocycles. The van der Waals surface area contributed by atoms with Crippen molar-refractivity contribution < 1.29 is 0 Å². The summed E-state index contributed by atoms with van der Waals surface area (Å²) in [5.41, 5.74) is 12.1. The lowest BCUT2D eigenvalue weighted by molar-refractivity contribution is 0.674. The van der Waals surface area contributed by atoms with E-state index in [1.807, 2.05) is 0 Å². The topological polar surface area (TPSA) is 88.8 Å². The van der Waals surface area contributed by atoms with Gasteiger partial charge in [-0.15, -0.1) is 12.4 Å². The first-order chi connectivity index (χ1) is 10.0. The lowest BCUT2D eigenvalue weighted by Crippen LogP contribution is -2.26. The van der Waals surface area contributed by atoms with Gasteiger partial charge in [-0.25, -0.2) is 0 Å². The predicted octanol–water partition coefficient (Wildman–Crippen LogP) is 4.04. The molecule has 0 radical (unpaired) electrons. The van der Waals surface area contributed by atoms with Crippen LogP contribution in [0.3, 0.4) is 0 Å². The van der Waals surface area contributed by atoms with Gasteiger partial charge in [-0.3, -0.25) is 4.99 Å². The van der Waals surface area contributed by atoms with E-state index in [1.54, 1.807) is 18.2 Å². The summed E-state index contributed by atoms with van der Waals surface area (Å²) in [5, 5.41) is 3.79. The van der Waals surface area contributed by atoms with Gasteiger partial charge in [0.25, 0.3) is 0 Å². The SMILES string of the molecule is CCCCCCN=C(N)/N=C(\N)Nc1ccc(Cl)c(Cl)c1.Cl. The number of guanidine groups is 2. The van der Waals surface area contributed by atoms with Gasteiger partial charge >= 0.3 is 0 Å². The van der Waals surface area contributed by atoms with E-state index in [0.29, 0.717) is 22.3 Å². The molecule has 0 unspecified atom stereocenters. The minimum absolute atomic E-state index is 0. The highest BCUT2D eigenvalue weighted by atomic mass is 35.5. The maximum Gasteiger partial charge on any atom is 0.218 e. The quantitative estimate of drug-likeness (QED) is 0.403. The maximum absolute atomic E-state index is 5.91. The monoisotopic (exact) mass is 365 g/mol. The Hall–Kier alpha value is -1.17. The van der Waals surface area contributed by atoms with E-state index < -0.39 is 0 Å². The van der Waals surface area contributed by atoms with Crippen LogP contribution in [0.25, 0.3) is 0 Å². The summed E-state index contributed by atoms with van der Waals surface area (Å²) in [7, 11) is 0. The second kappa shape index (κ2) is 11.4. The minimum atomic E-state index is 0. The van der Waals surface area contributed by atoms with Gasteiger partial charge in [-0.05, 0) is 24.6 Å². The fourth-order valence-electron chi connectivity index (χ4n) is 1.64. The fraction of sp³-hybridized carbons (Fsp3) is 0.429. The smallest absolute Gasteiger partial charge is 0.218 e. The van der Waals surface area contributed by atoms with Gasteiger partial charge in [0.2, 0.25) is 11.9 Å². The lowest BCUT2D eigenvalue weighted by atomic mass is 10.2. The summed E-state index contributed by atoms with van der Waals surface area (Å²) in [6.07, 6.45) is 4.55. The van der Waals surface area contributed by atoms with Gasteiger partial charge in [-0.2, -0.15) is 4.99 Å². The molecule has 0 bridgehead atoms. The van der Waals surface area contributed by atoms with Crippen molar-refractivity contribution in [1.82, 2.24) is 0 Å². The number of aliphatic imine (C=N–C) groups is 2. The van der Waals surface area contributed by atoms with E-state index >= 15 is 0 Å². The molecule has 0 amide bonds. The molecule has 1 aromatic carbocycles. The highest BCUT2D eigenvalue weighted by Gasteiger charge is 2.01. The van der Waals surface area contributed by atoms with Crippen LogP contribution in [-0.4, -0.2) is 18.5 Å². The van der Waals surface area contributed by atoms with E-state index in [2.05, 4.69) is 22.2 Å². The van der Waals surface area contributed by atoms with E-state index in [0.717, 1.165) is 12.8 Å². The summed E-state index contributed by atoms with van der Waals surface area (Å²) in [4.78, 5) is 8.13. The summed E-state index contributed by atoms with van der Waals surface area (Å²) < 4.78 is 0. The average molecular weight is 367 g/mol. The van der Waals surface area contributed by atoms with Crippen molar-refractivity contribution in [2.75, 3.05) is 11.9 Å². The molecule has 5 nitrogen and oxygen atoms in total. The maximum atomic E-state index is 5.91. The summed E-state index contributed by atoms with van der Waals surface area (Å²) in [6, 6.07) is 5.07. The van der Waals surface area contributed by atoms with E-state index in [4.69, 9.17) is 34.7 Å². The number of hydrogen-bond acceptors (Lipinski definition) is 1. The number of nitrogens with two attached hydrogens (primary N) is 2. The van der Waals surface area contributed by atoms with Gasteiger partial charge in [-0.1, -0.05) is 49.4 Å². The molecular formula is C14H22Cl3N5. The zero-order chi connectivity index (χ0) is 15.7. The van der Waals surface area contributed by atoms with Crippen LogP contribution in [0.5, 0.6) is 0 Å². The van der Waals surface area contributed by atoms with Crippen LogP contribution >= 0.6 is 35.6 Å². The van der Waals surface area contributed by atoms with Crippen molar-refractivity contribution in [1.29, 1.82) is 0 Å². The van der Waals surface area contributed by atoms with Gasteiger partial charge in [0, 0.05) is 12.2 Å². The third kappa shape index (κ3) is 8.32. The van der Waals surface area contributed by atoms with Crippen molar-refractivity contribution in [3.63, 3.8) is 0 Å². The Labute approximate surface area is 147 Å². The van der Waals surface area contributed by atoms with E-state index in [1.165, 1.54) is 12.8 Å². The third-order valence-corrected chi connectivity index (χ3v) is 3.45. The Morgan fingerprint density at radius 2 is 1.86 bits per heavy atom. The van der Waals surface area contributed by atoms with E-state index in [9.17, 15) is 0 Å². The van der Waals surface area contributed by atoms with Crippen LogP contribution in [0.15, 0.2) is 28.2 Å². The molecule has 124 valence electrons. The molecule has 22 heavy (non-hydrogen) atoms. The molecule has 0 heterocycles. The molecular weight excluding hydrogens is 345 g/mol. The van der Waals surface area contributed by atoms with Crippen LogP contribution in [0, 0.1) is 0 Å². The number of halogens is 3. The van der Waals surface area contributed by atoms with E-state index in [-0.39, 0.29) is 24.3 Å². The lowest BCUT2D eigenvalue weighted by Gasteiger charge is -2.06. The van der Waals surface area contributed by atoms with Gasteiger partial charge in [0.1, 0.15) is 0 Å². The zero-order valence-corrected chi connectivity index (χ0v) is 14.8.